The maximum atomic E-state index is 3.62. The van der Waals surface area contributed by atoms with E-state index >= 15 is 0 Å². The number of nitrogens with zero attached hydrogens (tertiary/aromatic N) is 2. The Hall–Kier alpha value is -2.55. The molecule has 1 heterocycles. The molecule has 1 aromatic heterocycles. The van der Waals surface area contributed by atoms with Crippen LogP contribution in [-0.4, -0.2) is 10.6 Å². The highest BCUT2D eigenvalue weighted by molar-refractivity contribution is 5.54. The minimum absolute atomic E-state index is 0.360. The number of imidazole rings is 1. The molecule has 2 aromatic carbocycles. The number of anilines is 1. The lowest BCUT2D eigenvalue weighted by molar-refractivity contribution is -0.595. The summed E-state index contributed by atoms with van der Waals surface area (Å²) in [5.74, 6) is 1.11. The third-order valence-corrected chi connectivity index (χ3v) is 4.97. The molecule has 0 aliphatic heterocycles. The highest BCUT2D eigenvalue weighted by Crippen LogP contribution is 2.26. The summed E-state index contributed by atoms with van der Waals surface area (Å²) in [5, 5.41) is 3.62. The summed E-state index contributed by atoms with van der Waals surface area (Å²) in [7, 11) is 0. The van der Waals surface area contributed by atoms with Crippen molar-refractivity contribution in [1.29, 1.82) is 0 Å². The van der Waals surface area contributed by atoms with Gasteiger partial charge < -0.3 is 5.32 Å². The molecule has 0 unspecified atom stereocenters. The third kappa shape index (κ3) is 3.78. The van der Waals surface area contributed by atoms with Crippen LogP contribution in [0, 0.1) is 41.5 Å². The van der Waals surface area contributed by atoms with Crippen LogP contribution < -0.4 is 9.88 Å². The minimum atomic E-state index is 0.360. The van der Waals surface area contributed by atoms with Gasteiger partial charge in [0.05, 0.1) is 0 Å². The monoisotopic (exact) mass is 362 g/mol. The smallest absolute Gasteiger partial charge is 0.255 e. The zero-order chi connectivity index (χ0) is 19.9. The van der Waals surface area contributed by atoms with E-state index in [0.29, 0.717) is 6.04 Å². The first-order chi connectivity index (χ1) is 12.7. The van der Waals surface area contributed by atoms with Crippen molar-refractivity contribution in [3.05, 3.63) is 70.2 Å². The molecule has 0 aliphatic carbocycles. The van der Waals surface area contributed by atoms with E-state index in [1.165, 1.54) is 44.8 Å². The molecule has 0 saturated heterocycles. The van der Waals surface area contributed by atoms with E-state index in [0.717, 1.165) is 5.82 Å². The highest BCUT2D eigenvalue weighted by atomic mass is 15.2. The molecular weight excluding hydrogens is 330 g/mol. The van der Waals surface area contributed by atoms with Gasteiger partial charge in [-0.15, -0.1) is 0 Å². The number of hydrogen-bond donors (Lipinski definition) is 1. The van der Waals surface area contributed by atoms with Crippen LogP contribution in [0.5, 0.6) is 0 Å². The Labute approximate surface area is 163 Å². The fourth-order valence-electron chi connectivity index (χ4n) is 4.25. The lowest BCUT2D eigenvalue weighted by Crippen LogP contribution is -2.30. The lowest BCUT2D eigenvalue weighted by Gasteiger charge is -2.12. The first-order valence-corrected chi connectivity index (χ1v) is 9.74. The molecule has 0 spiro atoms. The van der Waals surface area contributed by atoms with Crippen molar-refractivity contribution < 1.29 is 4.57 Å². The second kappa shape index (κ2) is 7.22. The van der Waals surface area contributed by atoms with E-state index in [4.69, 9.17) is 0 Å². The van der Waals surface area contributed by atoms with Crippen LogP contribution in [0.4, 0.5) is 5.82 Å². The molecule has 3 nitrogen and oxygen atoms in total. The third-order valence-electron chi connectivity index (χ3n) is 4.97. The van der Waals surface area contributed by atoms with Crippen molar-refractivity contribution >= 4 is 5.82 Å². The summed E-state index contributed by atoms with van der Waals surface area (Å²) in [6.45, 7) is 17.5. The predicted molar refractivity (Wildman–Crippen MR) is 114 cm³/mol. The van der Waals surface area contributed by atoms with Gasteiger partial charge >= 0.3 is 0 Å². The highest BCUT2D eigenvalue weighted by Gasteiger charge is 2.22. The summed E-state index contributed by atoms with van der Waals surface area (Å²) < 4.78 is 4.55. The van der Waals surface area contributed by atoms with Gasteiger partial charge in [0.2, 0.25) is 5.82 Å². The summed E-state index contributed by atoms with van der Waals surface area (Å²) in [6, 6.07) is 9.39. The van der Waals surface area contributed by atoms with Crippen LogP contribution >= 0.6 is 0 Å². The number of rotatable bonds is 4. The van der Waals surface area contributed by atoms with E-state index in [1.54, 1.807) is 0 Å². The minimum Gasteiger partial charge on any atom is -0.347 e. The zero-order valence-electron chi connectivity index (χ0n) is 17.9. The summed E-state index contributed by atoms with van der Waals surface area (Å²) >= 11 is 0. The van der Waals surface area contributed by atoms with E-state index in [1.807, 2.05) is 0 Å². The van der Waals surface area contributed by atoms with E-state index in [-0.39, 0.29) is 0 Å². The van der Waals surface area contributed by atoms with Crippen LogP contribution in [0.1, 0.15) is 47.2 Å². The van der Waals surface area contributed by atoms with Gasteiger partial charge in [0.25, 0.3) is 6.33 Å². The standard InChI is InChI=1S/C24H32N3/c1-15(2)25-22-13-26(23-18(5)9-16(3)10-19(23)6)14-27(22)24-20(7)11-17(4)12-21(24)8/h9-15,25H,1-8H3/q+1. The van der Waals surface area contributed by atoms with Gasteiger partial charge in [-0.1, -0.05) is 35.4 Å². The fraction of sp³-hybridized carbons (Fsp3) is 0.375. The Morgan fingerprint density at radius 1 is 0.778 bits per heavy atom. The molecule has 27 heavy (non-hydrogen) atoms. The molecule has 3 rings (SSSR count). The second-order valence-corrected chi connectivity index (χ2v) is 8.20. The van der Waals surface area contributed by atoms with Crippen LogP contribution in [0.2, 0.25) is 0 Å². The zero-order valence-corrected chi connectivity index (χ0v) is 17.9. The van der Waals surface area contributed by atoms with Crippen molar-refractivity contribution in [2.45, 2.75) is 61.4 Å². The quantitative estimate of drug-likeness (QED) is 0.614. The Balaban J connectivity index is 2.25. The van der Waals surface area contributed by atoms with Crippen LogP contribution in [0.3, 0.4) is 0 Å². The predicted octanol–water partition coefficient (Wildman–Crippen LogP) is 5.42. The van der Waals surface area contributed by atoms with Crippen molar-refractivity contribution in [2.24, 2.45) is 0 Å². The van der Waals surface area contributed by atoms with Gasteiger partial charge in [-0.2, -0.15) is 9.13 Å². The van der Waals surface area contributed by atoms with E-state index in [2.05, 4.69) is 107 Å². The summed E-state index contributed by atoms with van der Waals surface area (Å²) in [6.07, 6.45) is 4.42. The molecule has 0 atom stereocenters. The van der Waals surface area contributed by atoms with Crippen molar-refractivity contribution in [1.82, 2.24) is 4.57 Å². The van der Waals surface area contributed by atoms with Crippen LogP contribution in [-0.2, 0) is 0 Å². The van der Waals surface area contributed by atoms with E-state index in [9.17, 15) is 0 Å². The molecule has 1 N–H and O–H groups in total. The van der Waals surface area contributed by atoms with Gasteiger partial charge in [0.1, 0.15) is 11.4 Å². The topological polar surface area (TPSA) is 20.8 Å². The van der Waals surface area contributed by atoms with Gasteiger partial charge in [-0.3, -0.25) is 0 Å². The SMILES string of the molecule is Cc1cc(C)c(-n2c[n+](-c3c(C)cc(C)cc3C)cc2NC(C)C)c(C)c1. The number of aryl methyl sites for hydroxylation is 6. The lowest BCUT2D eigenvalue weighted by atomic mass is 10.0. The maximum Gasteiger partial charge on any atom is 0.255 e. The molecule has 142 valence electrons. The van der Waals surface area contributed by atoms with Gasteiger partial charge in [-0.05, 0) is 77.6 Å². The summed E-state index contributed by atoms with van der Waals surface area (Å²) in [4.78, 5) is 0. The number of hydrogen-bond acceptors (Lipinski definition) is 1. The maximum absolute atomic E-state index is 3.62. The molecule has 0 bridgehead atoms. The Morgan fingerprint density at radius 3 is 1.74 bits per heavy atom. The molecule has 3 aromatic rings. The fourth-order valence-corrected chi connectivity index (χ4v) is 4.25. The molecular formula is C24H32N3+. The molecule has 0 amide bonds. The number of nitrogens with one attached hydrogen (secondary N) is 1. The number of aromatic nitrogens is 2. The average Bonchev–Trinajstić information content (AvgIpc) is 2.87. The van der Waals surface area contributed by atoms with Gasteiger partial charge in [0, 0.05) is 6.04 Å². The largest absolute Gasteiger partial charge is 0.347 e. The normalized spacial score (nSPS) is 11.3. The number of benzene rings is 2. The molecule has 0 aliphatic rings. The van der Waals surface area contributed by atoms with Gasteiger partial charge in [0.15, 0.2) is 6.20 Å². The van der Waals surface area contributed by atoms with Crippen LogP contribution in [0.25, 0.3) is 11.4 Å². The first kappa shape index (κ1) is 19.2. The molecule has 3 heteroatoms. The summed E-state index contributed by atoms with van der Waals surface area (Å²) in [5.41, 5.74) is 10.3. The van der Waals surface area contributed by atoms with Crippen molar-refractivity contribution in [3.63, 3.8) is 0 Å². The molecule has 0 fully saturated rings. The first-order valence-electron chi connectivity index (χ1n) is 9.74. The second-order valence-electron chi connectivity index (χ2n) is 8.20. The average molecular weight is 363 g/mol. The Kier molecular flexibility index (Phi) is 5.14. The van der Waals surface area contributed by atoms with Crippen LogP contribution in [0.15, 0.2) is 36.8 Å². The van der Waals surface area contributed by atoms with E-state index < -0.39 is 0 Å². The Morgan fingerprint density at radius 2 is 1.26 bits per heavy atom. The molecule has 0 radical (unpaired) electrons. The van der Waals surface area contributed by atoms with Crippen molar-refractivity contribution in [3.8, 4) is 11.4 Å². The molecule has 0 saturated carbocycles. The van der Waals surface area contributed by atoms with Crippen molar-refractivity contribution in [2.75, 3.05) is 5.32 Å². The Bertz CT molecular complexity index is 947. The van der Waals surface area contributed by atoms with Gasteiger partial charge in [-0.25, -0.2) is 0 Å².